The second-order valence-electron chi connectivity index (χ2n) is 6.48. The predicted molar refractivity (Wildman–Crippen MR) is 90.3 cm³/mol. The van der Waals surface area contributed by atoms with Crippen molar-refractivity contribution in [1.82, 2.24) is 19.6 Å². The van der Waals surface area contributed by atoms with Crippen molar-refractivity contribution < 1.29 is 9.90 Å². The standard InChI is InChI=1S/C16H29N5O2/c1-5-14-10-20(6-7-21(14)9-13(3)22)11-16(23)17-15-8-12(2)18-19(15)4/h8,13-14,22H,5-7,9-11H2,1-4H3,(H,17,23)/t13-,14-/m0/s1. The second kappa shape index (κ2) is 7.90. The van der Waals surface area contributed by atoms with E-state index in [0.29, 0.717) is 19.1 Å². The van der Waals surface area contributed by atoms with E-state index in [1.165, 1.54) is 0 Å². The van der Waals surface area contributed by atoms with Crippen molar-refractivity contribution in [1.29, 1.82) is 0 Å². The molecule has 23 heavy (non-hydrogen) atoms. The number of piperazine rings is 1. The molecule has 2 heterocycles. The molecule has 1 aliphatic rings. The highest BCUT2D eigenvalue weighted by molar-refractivity contribution is 5.91. The zero-order valence-corrected chi connectivity index (χ0v) is 14.6. The Kier molecular flexibility index (Phi) is 6.15. The van der Waals surface area contributed by atoms with Crippen LogP contribution in [0.5, 0.6) is 0 Å². The minimum Gasteiger partial charge on any atom is -0.392 e. The number of hydrogen-bond donors (Lipinski definition) is 2. The van der Waals surface area contributed by atoms with Crippen LogP contribution in [0.4, 0.5) is 5.82 Å². The van der Waals surface area contributed by atoms with E-state index in [0.717, 1.165) is 37.6 Å². The van der Waals surface area contributed by atoms with Crippen molar-refractivity contribution >= 4 is 11.7 Å². The number of carbonyl (C=O) groups excluding carboxylic acids is 1. The number of aromatic nitrogens is 2. The van der Waals surface area contributed by atoms with Crippen molar-refractivity contribution in [3.05, 3.63) is 11.8 Å². The van der Waals surface area contributed by atoms with Crippen molar-refractivity contribution in [2.24, 2.45) is 7.05 Å². The monoisotopic (exact) mass is 323 g/mol. The highest BCUT2D eigenvalue weighted by atomic mass is 16.3. The Bertz CT molecular complexity index is 529. The fraction of sp³-hybridized carbons (Fsp3) is 0.750. The van der Waals surface area contributed by atoms with Crippen LogP contribution in [0.3, 0.4) is 0 Å². The molecule has 0 aliphatic carbocycles. The molecule has 0 unspecified atom stereocenters. The molecule has 0 saturated carbocycles. The summed E-state index contributed by atoms with van der Waals surface area (Å²) in [5.74, 6) is 0.721. The second-order valence-corrected chi connectivity index (χ2v) is 6.48. The summed E-state index contributed by atoms with van der Waals surface area (Å²) < 4.78 is 1.68. The summed E-state index contributed by atoms with van der Waals surface area (Å²) in [6.07, 6.45) is 0.707. The van der Waals surface area contributed by atoms with E-state index < -0.39 is 0 Å². The average Bonchev–Trinajstić information content (AvgIpc) is 2.77. The maximum atomic E-state index is 12.2. The third kappa shape index (κ3) is 5.02. The van der Waals surface area contributed by atoms with E-state index in [1.807, 2.05) is 27.0 Å². The van der Waals surface area contributed by atoms with Gasteiger partial charge < -0.3 is 10.4 Å². The molecule has 1 aliphatic heterocycles. The van der Waals surface area contributed by atoms with Gasteiger partial charge in [-0.3, -0.25) is 19.3 Å². The Balaban J connectivity index is 1.86. The lowest BCUT2D eigenvalue weighted by atomic mass is 10.1. The first-order valence-corrected chi connectivity index (χ1v) is 8.34. The molecule has 0 spiro atoms. The normalized spacial score (nSPS) is 21.3. The molecule has 1 fully saturated rings. The Morgan fingerprint density at radius 2 is 2.26 bits per heavy atom. The van der Waals surface area contributed by atoms with Crippen LogP contribution in [0.25, 0.3) is 0 Å². The maximum absolute atomic E-state index is 12.2. The van der Waals surface area contributed by atoms with E-state index in [1.54, 1.807) is 4.68 Å². The number of aryl methyl sites for hydroxylation is 2. The van der Waals surface area contributed by atoms with Gasteiger partial charge >= 0.3 is 0 Å². The van der Waals surface area contributed by atoms with Gasteiger partial charge in [-0.1, -0.05) is 6.92 Å². The topological polar surface area (TPSA) is 73.6 Å². The lowest BCUT2D eigenvalue weighted by molar-refractivity contribution is -0.118. The first-order chi connectivity index (χ1) is 10.9. The number of nitrogens with zero attached hydrogens (tertiary/aromatic N) is 4. The quantitative estimate of drug-likeness (QED) is 0.795. The molecule has 7 nitrogen and oxygen atoms in total. The van der Waals surface area contributed by atoms with Crippen molar-refractivity contribution in [3.8, 4) is 0 Å². The molecule has 0 radical (unpaired) electrons. The molecule has 1 aromatic heterocycles. The molecule has 0 bridgehead atoms. The Hall–Kier alpha value is -1.44. The van der Waals surface area contributed by atoms with Crippen LogP contribution in [0.1, 0.15) is 26.0 Å². The molecule has 7 heteroatoms. The summed E-state index contributed by atoms with van der Waals surface area (Å²) in [6.45, 7) is 9.58. The number of carbonyl (C=O) groups is 1. The number of hydrogen-bond acceptors (Lipinski definition) is 5. The highest BCUT2D eigenvalue weighted by Crippen LogP contribution is 2.14. The van der Waals surface area contributed by atoms with Gasteiger partial charge in [-0.05, 0) is 20.3 Å². The van der Waals surface area contributed by atoms with Gasteiger partial charge in [0, 0.05) is 45.3 Å². The summed E-state index contributed by atoms with van der Waals surface area (Å²) in [7, 11) is 1.82. The molecule has 130 valence electrons. The largest absolute Gasteiger partial charge is 0.392 e. The number of rotatable bonds is 6. The van der Waals surface area contributed by atoms with Crippen LogP contribution in [0, 0.1) is 6.92 Å². The van der Waals surface area contributed by atoms with Crippen LogP contribution < -0.4 is 5.32 Å². The van der Waals surface area contributed by atoms with Gasteiger partial charge in [0.1, 0.15) is 5.82 Å². The van der Waals surface area contributed by atoms with Gasteiger partial charge in [-0.2, -0.15) is 5.10 Å². The van der Waals surface area contributed by atoms with Gasteiger partial charge in [0.2, 0.25) is 5.91 Å². The third-order valence-corrected chi connectivity index (χ3v) is 4.30. The summed E-state index contributed by atoms with van der Waals surface area (Å²) in [5.41, 5.74) is 0.889. The van der Waals surface area contributed by atoms with Crippen molar-refractivity contribution in [3.63, 3.8) is 0 Å². The smallest absolute Gasteiger partial charge is 0.239 e. The van der Waals surface area contributed by atoms with Crippen LogP contribution in [0.15, 0.2) is 6.07 Å². The van der Waals surface area contributed by atoms with Gasteiger partial charge in [0.15, 0.2) is 0 Å². The first-order valence-electron chi connectivity index (χ1n) is 8.34. The minimum absolute atomic E-state index is 0.00757. The molecule has 1 saturated heterocycles. The summed E-state index contributed by atoms with van der Waals surface area (Å²) in [4.78, 5) is 16.8. The number of nitrogens with one attached hydrogen (secondary N) is 1. The van der Waals surface area contributed by atoms with Crippen molar-refractivity contribution in [2.75, 3.05) is 38.0 Å². The molecule has 2 N–H and O–H groups in total. The molecular weight excluding hydrogens is 294 g/mol. The SMILES string of the molecule is CC[C@H]1CN(CC(=O)Nc2cc(C)nn2C)CCN1C[C@H](C)O. The number of aliphatic hydroxyl groups is 1. The van der Waals surface area contributed by atoms with E-state index in [9.17, 15) is 9.90 Å². The summed E-state index contributed by atoms with van der Waals surface area (Å²) >= 11 is 0. The summed E-state index contributed by atoms with van der Waals surface area (Å²) in [6, 6.07) is 2.26. The highest BCUT2D eigenvalue weighted by Gasteiger charge is 2.27. The van der Waals surface area contributed by atoms with Crippen LogP contribution in [-0.4, -0.2) is 75.5 Å². The number of amides is 1. The minimum atomic E-state index is -0.313. The van der Waals surface area contributed by atoms with Crippen molar-refractivity contribution in [2.45, 2.75) is 39.3 Å². The Labute approximate surface area is 138 Å². The van der Waals surface area contributed by atoms with Crippen LogP contribution in [0.2, 0.25) is 0 Å². The molecule has 2 atom stereocenters. The zero-order valence-electron chi connectivity index (χ0n) is 14.6. The van der Waals surface area contributed by atoms with E-state index in [4.69, 9.17) is 0 Å². The summed E-state index contributed by atoms with van der Waals surface area (Å²) in [5, 5.41) is 16.7. The van der Waals surface area contributed by atoms with E-state index in [-0.39, 0.29) is 12.0 Å². The molecule has 1 amide bonds. The molecule has 1 aromatic rings. The Morgan fingerprint density at radius 3 is 2.83 bits per heavy atom. The van der Waals surface area contributed by atoms with Crippen LogP contribution in [-0.2, 0) is 11.8 Å². The average molecular weight is 323 g/mol. The maximum Gasteiger partial charge on any atom is 0.239 e. The van der Waals surface area contributed by atoms with Gasteiger partial charge in [-0.15, -0.1) is 0 Å². The number of β-amino-alcohol motifs (C(OH)–C–C–N with tert-alkyl or cyclic N) is 1. The lowest BCUT2D eigenvalue weighted by Crippen LogP contribution is -2.55. The number of aliphatic hydroxyl groups excluding tert-OH is 1. The first kappa shape index (κ1) is 17.9. The fourth-order valence-corrected chi connectivity index (χ4v) is 3.18. The lowest BCUT2D eigenvalue weighted by Gasteiger charge is -2.41. The Morgan fingerprint density at radius 1 is 1.52 bits per heavy atom. The fourth-order valence-electron chi connectivity index (χ4n) is 3.18. The van der Waals surface area contributed by atoms with E-state index >= 15 is 0 Å². The van der Waals surface area contributed by atoms with Gasteiger partial charge in [-0.25, -0.2) is 0 Å². The van der Waals surface area contributed by atoms with Crippen LogP contribution >= 0.6 is 0 Å². The molecule has 2 rings (SSSR count). The van der Waals surface area contributed by atoms with Gasteiger partial charge in [0.25, 0.3) is 0 Å². The van der Waals surface area contributed by atoms with E-state index in [2.05, 4.69) is 27.1 Å². The van der Waals surface area contributed by atoms with Gasteiger partial charge in [0.05, 0.1) is 18.3 Å². The molecular formula is C16H29N5O2. The third-order valence-electron chi connectivity index (χ3n) is 4.30. The number of anilines is 1. The molecule has 0 aromatic carbocycles. The zero-order chi connectivity index (χ0) is 17.0. The predicted octanol–water partition coefficient (Wildman–Crippen LogP) is 0.444.